The minimum atomic E-state index is -0.763. The Balaban J connectivity index is 1.56. The van der Waals surface area contributed by atoms with Gasteiger partial charge in [-0.2, -0.15) is 4.98 Å². The number of amides is 2. The Morgan fingerprint density at radius 1 is 1.33 bits per heavy atom. The second-order valence-electron chi connectivity index (χ2n) is 5.71. The SMILES string of the molecule is NC(=O)c1noc(CNC(=O)[C@@H]2CCCN2Cc2ccccc2)n1. The van der Waals surface area contributed by atoms with E-state index in [2.05, 4.69) is 32.5 Å². The summed E-state index contributed by atoms with van der Waals surface area (Å²) >= 11 is 0. The standard InChI is InChI=1S/C16H19N5O3/c17-14(22)15-19-13(24-20-15)9-18-16(23)12-7-4-8-21(12)10-11-5-2-1-3-6-11/h1-3,5-6,12H,4,7-10H2,(H2,17,22)(H,18,23)/t12-/m0/s1. The van der Waals surface area contributed by atoms with Crippen molar-refractivity contribution in [3.8, 4) is 0 Å². The molecule has 0 aliphatic carbocycles. The third kappa shape index (κ3) is 3.77. The summed E-state index contributed by atoms with van der Waals surface area (Å²) in [5.41, 5.74) is 6.24. The summed E-state index contributed by atoms with van der Waals surface area (Å²) in [5, 5.41) is 6.22. The number of primary amides is 1. The van der Waals surface area contributed by atoms with Crippen LogP contribution in [0.25, 0.3) is 0 Å². The number of nitrogens with two attached hydrogens (primary N) is 1. The molecule has 1 aliphatic heterocycles. The van der Waals surface area contributed by atoms with E-state index in [0.29, 0.717) is 0 Å². The van der Waals surface area contributed by atoms with Gasteiger partial charge in [0.15, 0.2) is 0 Å². The molecule has 0 spiro atoms. The van der Waals surface area contributed by atoms with Crippen LogP contribution in [-0.2, 0) is 17.9 Å². The van der Waals surface area contributed by atoms with Gasteiger partial charge in [0.1, 0.15) is 0 Å². The van der Waals surface area contributed by atoms with Gasteiger partial charge in [-0.3, -0.25) is 14.5 Å². The van der Waals surface area contributed by atoms with Crippen LogP contribution in [0.15, 0.2) is 34.9 Å². The van der Waals surface area contributed by atoms with E-state index in [-0.39, 0.29) is 30.2 Å². The lowest BCUT2D eigenvalue weighted by Crippen LogP contribution is -2.42. The van der Waals surface area contributed by atoms with E-state index in [0.717, 1.165) is 25.9 Å². The Morgan fingerprint density at radius 3 is 2.83 bits per heavy atom. The molecule has 0 saturated carbocycles. The van der Waals surface area contributed by atoms with Crippen LogP contribution in [0.1, 0.15) is 34.9 Å². The maximum Gasteiger partial charge on any atom is 0.290 e. The van der Waals surface area contributed by atoms with E-state index in [1.165, 1.54) is 5.56 Å². The van der Waals surface area contributed by atoms with Crippen LogP contribution in [0.4, 0.5) is 0 Å². The van der Waals surface area contributed by atoms with Crippen molar-refractivity contribution >= 4 is 11.8 Å². The second kappa shape index (κ2) is 7.22. The first-order chi connectivity index (χ1) is 11.6. The number of benzene rings is 1. The van der Waals surface area contributed by atoms with E-state index in [1.54, 1.807) is 0 Å². The highest BCUT2D eigenvalue weighted by Crippen LogP contribution is 2.20. The van der Waals surface area contributed by atoms with Crippen molar-refractivity contribution in [3.05, 3.63) is 47.6 Å². The van der Waals surface area contributed by atoms with Gasteiger partial charge in [0.2, 0.25) is 11.8 Å². The number of nitrogens with one attached hydrogen (secondary N) is 1. The molecule has 1 fully saturated rings. The maximum atomic E-state index is 12.4. The van der Waals surface area contributed by atoms with Gasteiger partial charge in [-0.1, -0.05) is 35.5 Å². The molecule has 1 aromatic heterocycles. The molecule has 8 nitrogen and oxygen atoms in total. The zero-order valence-corrected chi connectivity index (χ0v) is 13.1. The third-order valence-corrected chi connectivity index (χ3v) is 4.00. The first-order valence-electron chi connectivity index (χ1n) is 7.81. The van der Waals surface area contributed by atoms with Crippen molar-refractivity contribution in [3.63, 3.8) is 0 Å². The summed E-state index contributed by atoms with van der Waals surface area (Å²) in [7, 11) is 0. The van der Waals surface area contributed by atoms with Crippen LogP contribution in [0.2, 0.25) is 0 Å². The quantitative estimate of drug-likeness (QED) is 0.795. The minimum absolute atomic E-state index is 0.0782. The summed E-state index contributed by atoms with van der Waals surface area (Å²) in [6.07, 6.45) is 1.80. The van der Waals surface area contributed by atoms with Gasteiger partial charge >= 0.3 is 0 Å². The average Bonchev–Trinajstić information content (AvgIpc) is 3.23. The zero-order chi connectivity index (χ0) is 16.9. The van der Waals surface area contributed by atoms with Crippen LogP contribution in [0.3, 0.4) is 0 Å². The molecule has 0 radical (unpaired) electrons. The molecule has 0 unspecified atom stereocenters. The zero-order valence-electron chi connectivity index (χ0n) is 13.1. The van der Waals surface area contributed by atoms with Crippen LogP contribution in [0, 0.1) is 0 Å². The number of carbonyl (C=O) groups excluding carboxylic acids is 2. The van der Waals surface area contributed by atoms with Crippen molar-refractivity contribution < 1.29 is 14.1 Å². The van der Waals surface area contributed by atoms with E-state index in [1.807, 2.05) is 18.2 Å². The van der Waals surface area contributed by atoms with Gasteiger partial charge in [-0.15, -0.1) is 0 Å². The van der Waals surface area contributed by atoms with E-state index >= 15 is 0 Å². The van der Waals surface area contributed by atoms with Crippen LogP contribution >= 0.6 is 0 Å². The molecule has 1 aromatic carbocycles. The minimum Gasteiger partial charge on any atom is -0.363 e. The molecule has 3 rings (SSSR count). The second-order valence-corrected chi connectivity index (χ2v) is 5.71. The monoisotopic (exact) mass is 329 g/mol. The molecule has 3 N–H and O–H groups in total. The third-order valence-electron chi connectivity index (χ3n) is 4.00. The number of carbonyl (C=O) groups is 2. The van der Waals surface area contributed by atoms with Gasteiger partial charge in [0.25, 0.3) is 11.7 Å². The number of aromatic nitrogens is 2. The van der Waals surface area contributed by atoms with Crippen molar-refractivity contribution in [1.82, 2.24) is 20.4 Å². The van der Waals surface area contributed by atoms with Gasteiger partial charge < -0.3 is 15.6 Å². The Morgan fingerprint density at radius 2 is 2.12 bits per heavy atom. The molecule has 0 bridgehead atoms. The largest absolute Gasteiger partial charge is 0.363 e. The summed E-state index contributed by atoms with van der Waals surface area (Å²) in [4.78, 5) is 29.3. The highest BCUT2D eigenvalue weighted by molar-refractivity contribution is 5.88. The van der Waals surface area contributed by atoms with Gasteiger partial charge in [0, 0.05) is 6.54 Å². The Kier molecular flexibility index (Phi) is 4.85. The average molecular weight is 329 g/mol. The Bertz CT molecular complexity index is 716. The van der Waals surface area contributed by atoms with Crippen LogP contribution in [0.5, 0.6) is 0 Å². The molecule has 24 heavy (non-hydrogen) atoms. The fourth-order valence-corrected chi connectivity index (χ4v) is 2.84. The Labute approximate surface area is 139 Å². The van der Waals surface area contributed by atoms with Gasteiger partial charge in [-0.25, -0.2) is 0 Å². The Hall–Kier alpha value is -2.74. The first kappa shape index (κ1) is 16.1. The van der Waals surface area contributed by atoms with Crippen molar-refractivity contribution in [2.24, 2.45) is 5.73 Å². The lowest BCUT2D eigenvalue weighted by atomic mass is 10.1. The van der Waals surface area contributed by atoms with E-state index < -0.39 is 5.91 Å². The van der Waals surface area contributed by atoms with Gasteiger partial charge in [-0.05, 0) is 24.9 Å². The lowest BCUT2D eigenvalue weighted by molar-refractivity contribution is -0.125. The fourth-order valence-electron chi connectivity index (χ4n) is 2.84. The summed E-state index contributed by atoms with van der Waals surface area (Å²) < 4.78 is 4.87. The van der Waals surface area contributed by atoms with Crippen molar-refractivity contribution in [2.45, 2.75) is 32.0 Å². The fraction of sp³-hybridized carbons (Fsp3) is 0.375. The van der Waals surface area contributed by atoms with E-state index in [9.17, 15) is 9.59 Å². The smallest absolute Gasteiger partial charge is 0.290 e. The predicted octanol–water partition coefficient (Wildman–Crippen LogP) is 0.449. The van der Waals surface area contributed by atoms with Gasteiger partial charge in [0.05, 0.1) is 12.6 Å². The number of likely N-dealkylation sites (tertiary alicyclic amines) is 1. The molecule has 2 amide bonds. The normalized spacial score (nSPS) is 17.8. The molecule has 2 heterocycles. The predicted molar refractivity (Wildman–Crippen MR) is 84.5 cm³/mol. The number of hydrogen-bond acceptors (Lipinski definition) is 6. The van der Waals surface area contributed by atoms with Crippen molar-refractivity contribution in [1.29, 1.82) is 0 Å². The number of rotatable bonds is 6. The molecule has 8 heteroatoms. The van der Waals surface area contributed by atoms with Crippen LogP contribution in [-0.4, -0.2) is 39.4 Å². The van der Waals surface area contributed by atoms with E-state index in [4.69, 9.17) is 10.3 Å². The summed E-state index contributed by atoms with van der Waals surface area (Å²) in [6, 6.07) is 9.89. The number of nitrogens with zero attached hydrogens (tertiary/aromatic N) is 3. The highest BCUT2D eigenvalue weighted by Gasteiger charge is 2.30. The topological polar surface area (TPSA) is 114 Å². The molecule has 2 aromatic rings. The molecule has 126 valence electrons. The summed E-state index contributed by atoms with van der Waals surface area (Å²) in [5.74, 6) is -0.876. The molecule has 1 atom stereocenters. The molecular weight excluding hydrogens is 310 g/mol. The summed E-state index contributed by atoms with van der Waals surface area (Å²) in [6.45, 7) is 1.71. The first-order valence-corrected chi connectivity index (χ1v) is 7.81. The molecular formula is C16H19N5O3. The highest BCUT2D eigenvalue weighted by atomic mass is 16.5. The lowest BCUT2D eigenvalue weighted by Gasteiger charge is -2.23. The number of hydrogen-bond donors (Lipinski definition) is 2. The van der Waals surface area contributed by atoms with Crippen LogP contribution < -0.4 is 11.1 Å². The maximum absolute atomic E-state index is 12.4. The molecule has 1 aliphatic rings. The van der Waals surface area contributed by atoms with Crippen molar-refractivity contribution in [2.75, 3.05) is 6.54 Å². The molecule has 1 saturated heterocycles.